The van der Waals surface area contributed by atoms with Gasteiger partial charge in [-0.25, -0.2) is 0 Å². The number of fused-ring (bicyclic) bond motifs is 1. The molecule has 1 aliphatic carbocycles. The van der Waals surface area contributed by atoms with Crippen molar-refractivity contribution < 1.29 is 33.9 Å². The number of hydrogen-bond donors (Lipinski definition) is 4. The third-order valence-corrected chi connectivity index (χ3v) is 10.5. The molecule has 1 unspecified atom stereocenters. The fraction of sp³-hybridized carbons (Fsp3) is 0.487. The van der Waals surface area contributed by atoms with Crippen LogP contribution in [-0.4, -0.2) is 86.0 Å². The van der Waals surface area contributed by atoms with Crippen molar-refractivity contribution in [2.45, 2.75) is 109 Å². The van der Waals surface area contributed by atoms with Gasteiger partial charge in [0.1, 0.15) is 18.1 Å². The third kappa shape index (κ3) is 8.04. The number of Topliss-reactive ketones (excluding diaryl/α,β-unsaturated/α-hetero) is 1. The molecule has 14 heteroatoms. The summed E-state index contributed by atoms with van der Waals surface area (Å²) in [5.41, 5.74) is -0.567. The molecule has 5 atom stereocenters. The lowest BCUT2D eigenvalue weighted by Gasteiger charge is -2.36. The fourth-order valence-corrected chi connectivity index (χ4v) is 7.27. The number of carbonyl (C=O) groups is 5. The quantitative estimate of drug-likeness (QED) is 0.199. The number of halogens is 1. The maximum Gasteiger partial charge on any atom is 0.289 e. The second-order valence-electron chi connectivity index (χ2n) is 15.6. The molecular weight excluding hydrogens is 700 g/mol. The predicted octanol–water partition coefficient (Wildman–Crippen LogP) is 4.39. The molecule has 13 nitrogen and oxygen atoms in total. The topological polar surface area (TPSA) is 171 Å². The molecule has 0 radical (unpaired) electrons. The van der Waals surface area contributed by atoms with Gasteiger partial charge in [0.2, 0.25) is 23.5 Å². The molecule has 1 saturated heterocycles. The van der Waals surface area contributed by atoms with Gasteiger partial charge in [-0.1, -0.05) is 81.2 Å². The van der Waals surface area contributed by atoms with Crippen molar-refractivity contribution >= 4 is 57.5 Å². The van der Waals surface area contributed by atoms with Crippen LogP contribution in [0.2, 0.25) is 5.02 Å². The van der Waals surface area contributed by atoms with Gasteiger partial charge in [0, 0.05) is 46.4 Å². The SMILES string of the molecule is CCC[C@H](NC(=O)[C@@H]1C[C@]2(CC(c3cccc(Cl)c3)=NO2)CN1C(=O)[C@@H](NC(=O)C(C)n1cc2ccccc2c1O)C(C)(C)C)C(=O)C(=O)NC1CC1. The Balaban J connectivity index is 1.27. The summed E-state index contributed by atoms with van der Waals surface area (Å²) >= 11 is 6.26. The van der Waals surface area contributed by atoms with Gasteiger partial charge in [0.25, 0.3) is 5.91 Å². The number of nitrogens with one attached hydrogen (secondary N) is 3. The van der Waals surface area contributed by atoms with E-state index in [1.165, 1.54) is 9.47 Å². The molecule has 3 aliphatic rings. The molecule has 1 spiro atoms. The zero-order valence-electron chi connectivity index (χ0n) is 30.6. The number of carbonyl (C=O) groups excluding carboxylic acids is 5. The zero-order valence-corrected chi connectivity index (χ0v) is 31.4. The number of likely N-dealkylation sites (tertiary alicyclic amines) is 1. The molecular formula is C39H47ClN6O7. The molecule has 1 aromatic heterocycles. The molecule has 0 bridgehead atoms. The lowest BCUT2D eigenvalue weighted by molar-refractivity contribution is -0.145. The Labute approximate surface area is 313 Å². The minimum atomic E-state index is -1.12. The van der Waals surface area contributed by atoms with Crippen molar-refractivity contribution in [2.75, 3.05) is 6.54 Å². The number of ketones is 1. The maximum absolute atomic E-state index is 14.8. The number of aromatic nitrogens is 1. The normalized spacial score (nSPS) is 21.4. The summed E-state index contributed by atoms with van der Waals surface area (Å²) in [5, 5.41) is 25.5. The van der Waals surface area contributed by atoms with Crippen molar-refractivity contribution in [1.82, 2.24) is 25.4 Å². The molecule has 1 saturated carbocycles. The van der Waals surface area contributed by atoms with Gasteiger partial charge in [-0.15, -0.1) is 0 Å². The van der Waals surface area contributed by atoms with Crippen LogP contribution in [0, 0.1) is 5.41 Å². The Kier molecular flexibility index (Phi) is 10.6. The van der Waals surface area contributed by atoms with Crippen LogP contribution in [0.25, 0.3) is 10.8 Å². The second kappa shape index (κ2) is 14.8. The molecule has 4 amide bonds. The zero-order chi connectivity index (χ0) is 38.2. The van der Waals surface area contributed by atoms with Gasteiger partial charge in [-0.05, 0) is 49.8 Å². The maximum atomic E-state index is 14.8. The highest BCUT2D eigenvalue weighted by molar-refractivity contribution is 6.38. The number of rotatable bonds is 12. The van der Waals surface area contributed by atoms with Crippen molar-refractivity contribution in [2.24, 2.45) is 10.6 Å². The Morgan fingerprint density at radius 1 is 1.08 bits per heavy atom. The number of nitrogens with zero attached hydrogens (tertiary/aromatic N) is 3. The van der Waals surface area contributed by atoms with E-state index in [1.54, 1.807) is 43.5 Å². The second-order valence-corrected chi connectivity index (χ2v) is 16.0. The summed E-state index contributed by atoms with van der Waals surface area (Å²) in [6.07, 6.45) is 4.36. The largest absolute Gasteiger partial charge is 0.494 e. The Morgan fingerprint density at radius 2 is 1.81 bits per heavy atom. The highest BCUT2D eigenvalue weighted by Crippen LogP contribution is 2.40. The first-order valence-corrected chi connectivity index (χ1v) is 18.5. The van der Waals surface area contributed by atoms with E-state index in [9.17, 15) is 29.1 Å². The van der Waals surface area contributed by atoms with Gasteiger partial charge in [0.05, 0.1) is 18.3 Å². The molecule has 3 aromatic rings. The Hall–Kier alpha value is -4.91. The summed E-state index contributed by atoms with van der Waals surface area (Å²) in [6, 6.07) is 10.1. The summed E-state index contributed by atoms with van der Waals surface area (Å²) < 4.78 is 1.45. The molecule has 2 aliphatic heterocycles. The monoisotopic (exact) mass is 746 g/mol. The average Bonchev–Trinajstić information content (AvgIpc) is 3.56. The number of oxime groups is 1. The fourth-order valence-electron chi connectivity index (χ4n) is 7.08. The van der Waals surface area contributed by atoms with Gasteiger partial charge in [-0.3, -0.25) is 24.0 Å². The van der Waals surface area contributed by atoms with Gasteiger partial charge < -0.3 is 35.4 Å². The molecule has 282 valence electrons. The van der Waals surface area contributed by atoms with Gasteiger partial charge in [0.15, 0.2) is 11.5 Å². The van der Waals surface area contributed by atoms with E-state index >= 15 is 0 Å². The van der Waals surface area contributed by atoms with Crippen molar-refractivity contribution in [3.8, 4) is 5.88 Å². The van der Waals surface area contributed by atoms with Crippen molar-refractivity contribution in [1.29, 1.82) is 0 Å². The van der Waals surface area contributed by atoms with Crippen LogP contribution in [0.4, 0.5) is 0 Å². The number of benzene rings is 2. The Bertz CT molecular complexity index is 1970. The minimum absolute atomic E-state index is 0.0339. The van der Waals surface area contributed by atoms with Crippen LogP contribution in [0.3, 0.4) is 0 Å². The van der Waals surface area contributed by atoms with Crippen LogP contribution in [-0.2, 0) is 28.8 Å². The van der Waals surface area contributed by atoms with Crippen LogP contribution < -0.4 is 16.0 Å². The highest BCUT2D eigenvalue weighted by Gasteiger charge is 2.56. The van der Waals surface area contributed by atoms with Crippen LogP contribution in [0.1, 0.15) is 84.7 Å². The van der Waals surface area contributed by atoms with Gasteiger partial charge in [-0.2, -0.15) is 0 Å². The van der Waals surface area contributed by atoms with Crippen LogP contribution >= 0.6 is 11.6 Å². The summed E-state index contributed by atoms with van der Waals surface area (Å²) in [4.78, 5) is 76.3. The van der Waals surface area contributed by atoms with Crippen molar-refractivity contribution in [3.05, 3.63) is 65.3 Å². The van der Waals surface area contributed by atoms with E-state index in [0.717, 1.165) is 23.8 Å². The summed E-state index contributed by atoms with van der Waals surface area (Å²) in [5.74, 6) is -3.21. The number of amides is 4. The van der Waals surface area contributed by atoms with Crippen LogP contribution in [0.5, 0.6) is 5.88 Å². The first-order valence-electron chi connectivity index (χ1n) is 18.2. The number of aromatic hydroxyl groups is 1. The lowest BCUT2D eigenvalue weighted by Crippen LogP contribution is -2.59. The van der Waals surface area contributed by atoms with Crippen molar-refractivity contribution in [3.63, 3.8) is 0 Å². The minimum Gasteiger partial charge on any atom is -0.494 e. The summed E-state index contributed by atoms with van der Waals surface area (Å²) in [6.45, 7) is 8.87. The smallest absolute Gasteiger partial charge is 0.289 e. The lowest BCUT2D eigenvalue weighted by atomic mass is 9.85. The molecule has 53 heavy (non-hydrogen) atoms. The highest BCUT2D eigenvalue weighted by atomic mass is 35.5. The Morgan fingerprint density at radius 3 is 2.47 bits per heavy atom. The predicted molar refractivity (Wildman–Crippen MR) is 199 cm³/mol. The molecule has 2 aromatic carbocycles. The molecule has 6 rings (SSSR count). The average molecular weight is 747 g/mol. The molecule has 3 heterocycles. The molecule has 2 fully saturated rings. The van der Waals surface area contributed by atoms with E-state index in [0.29, 0.717) is 22.5 Å². The van der Waals surface area contributed by atoms with E-state index in [4.69, 9.17) is 16.4 Å². The standard InChI is InChI=1S/C39H47ClN6O7/c1-6-10-28(31(47)35(50)41-26-15-16-26)42-34(49)30-19-39(18-29(44-53-39)23-12-9-13-25(40)17-23)21-46(30)37(52)32(38(3,4)5)43-33(48)22(2)45-20-24-11-7-8-14-27(24)36(45)51/h7-9,11-14,17,20,22,26,28,30,32,51H,6,10,15-16,18-19,21H2,1-5H3,(H,41,50)(H,42,49)(H,43,48)/t22?,28-,30-,32+,39+/m0/s1. The summed E-state index contributed by atoms with van der Waals surface area (Å²) in [7, 11) is 0. The molecule has 4 N–H and O–H groups in total. The number of hydrogen-bond acceptors (Lipinski definition) is 8. The first kappa shape index (κ1) is 37.8. The van der Waals surface area contributed by atoms with E-state index in [-0.39, 0.29) is 37.7 Å². The van der Waals surface area contributed by atoms with E-state index < -0.39 is 64.6 Å². The third-order valence-electron chi connectivity index (χ3n) is 10.3. The van der Waals surface area contributed by atoms with E-state index in [2.05, 4.69) is 21.1 Å². The van der Waals surface area contributed by atoms with E-state index in [1.807, 2.05) is 45.9 Å². The van der Waals surface area contributed by atoms with Gasteiger partial charge >= 0.3 is 0 Å². The first-order chi connectivity index (χ1) is 25.1. The van der Waals surface area contributed by atoms with Crippen LogP contribution in [0.15, 0.2) is 59.9 Å².